The molecule has 0 bridgehead atoms. The predicted octanol–water partition coefficient (Wildman–Crippen LogP) is 1.82. The molecule has 0 aromatic carbocycles. The lowest BCUT2D eigenvalue weighted by Gasteiger charge is -2.22. The Balaban J connectivity index is 3.60. The van der Waals surface area contributed by atoms with Crippen LogP contribution in [0.15, 0.2) is 0 Å². The normalized spacial score (nSPS) is 15.7. The van der Waals surface area contributed by atoms with E-state index in [4.69, 9.17) is 10.6 Å². The van der Waals surface area contributed by atoms with Crippen LogP contribution in [0.1, 0.15) is 46.5 Å². The van der Waals surface area contributed by atoms with Crippen molar-refractivity contribution in [2.75, 3.05) is 6.61 Å². The number of hydrogen-bond acceptors (Lipinski definition) is 3. The van der Waals surface area contributed by atoms with Crippen LogP contribution in [0.2, 0.25) is 0 Å². The van der Waals surface area contributed by atoms with E-state index in [1.807, 2.05) is 6.92 Å². The Labute approximate surface area is 82.0 Å². The smallest absolute Gasteiger partial charge is 0.0713 e. The highest BCUT2D eigenvalue weighted by atomic mass is 16.5. The molecule has 2 atom stereocenters. The molecule has 0 aromatic heterocycles. The van der Waals surface area contributed by atoms with Gasteiger partial charge in [0.15, 0.2) is 0 Å². The molecule has 0 aliphatic rings. The van der Waals surface area contributed by atoms with Crippen molar-refractivity contribution >= 4 is 0 Å². The summed E-state index contributed by atoms with van der Waals surface area (Å²) in [6, 6.07) is 0.298. The second-order valence-electron chi connectivity index (χ2n) is 3.43. The van der Waals surface area contributed by atoms with Crippen molar-refractivity contribution in [3.63, 3.8) is 0 Å². The molecular formula is C10H24N2O. The minimum atomic E-state index is 0.215. The average Bonchev–Trinajstić information content (AvgIpc) is 2.13. The second-order valence-corrected chi connectivity index (χ2v) is 3.43. The Bertz CT molecular complexity index is 109. The van der Waals surface area contributed by atoms with E-state index in [9.17, 15) is 0 Å². The molecule has 0 fully saturated rings. The van der Waals surface area contributed by atoms with E-state index < -0.39 is 0 Å². The van der Waals surface area contributed by atoms with Crippen molar-refractivity contribution in [3.8, 4) is 0 Å². The predicted molar refractivity (Wildman–Crippen MR) is 56.3 cm³/mol. The summed E-state index contributed by atoms with van der Waals surface area (Å²) in [4.78, 5) is 0. The summed E-state index contributed by atoms with van der Waals surface area (Å²) < 4.78 is 5.48. The topological polar surface area (TPSA) is 47.3 Å². The van der Waals surface area contributed by atoms with Crippen LogP contribution in [0.5, 0.6) is 0 Å². The van der Waals surface area contributed by atoms with Gasteiger partial charge in [-0.1, -0.05) is 26.2 Å². The fourth-order valence-electron chi connectivity index (χ4n) is 1.45. The number of nitrogens with two attached hydrogens (primary N) is 1. The second kappa shape index (κ2) is 8.48. The van der Waals surface area contributed by atoms with E-state index in [2.05, 4.69) is 19.3 Å². The van der Waals surface area contributed by atoms with Crippen molar-refractivity contribution in [3.05, 3.63) is 0 Å². The van der Waals surface area contributed by atoms with Gasteiger partial charge in [-0.2, -0.15) is 0 Å². The third-order valence-corrected chi connectivity index (χ3v) is 2.33. The van der Waals surface area contributed by atoms with Gasteiger partial charge in [-0.3, -0.25) is 11.3 Å². The summed E-state index contributed by atoms with van der Waals surface area (Å²) in [6.45, 7) is 7.04. The van der Waals surface area contributed by atoms with Crippen molar-refractivity contribution in [2.24, 2.45) is 5.84 Å². The van der Waals surface area contributed by atoms with E-state index in [0.29, 0.717) is 6.04 Å². The molecule has 13 heavy (non-hydrogen) atoms. The molecule has 3 N–H and O–H groups in total. The highest BCUT2D eigenvalue weighted by Gasteiger charge is 2.14. The molecule has 0 heterocycles. The Morgan fingerprint density at radius 3 is 2.46 bits per heavy atom. The third-order valence-electron chi connectivity index (χ3n) is 2.33. The van der Waals surface area contributed by atoms with E-state index in [0.717, 1.165) is 13.0 Å². The van der Waals surface area contributed by atoms with E-state index in [1.54, 1.807) is 0 Å². The molecule has 0 saturated heterocycles. The molecule has 3 nitrogen and oxygen atoms in total. The summed E-state index contributed by atoms with van der Waals surface area (Å²) in [6.07, 6.45) is 5.07. The van der Waals surface area contributed by atoms with Gasteiger partial charge < -0.3 is 4.74 Å². The lowest BCUT2D eigenvalue weighted by atomic mass is 10.1. The van der Waals surface area contributed by atoms with Crippen molar-refractivity contribution in [1.29, 1.82) is 0 Å². The van der Waals surface area contributed by atoms with Crippen LogP contribution in [-0.2, 0) is 4.74 Å². The molecule has 0 aliphatic carbocycles. The third kappa shape index (κ3) is 6.02. The zero-order valence-electron chi connectivity index (χ0n) is 9.18. The van der Waals surface area contributed by atoms with Gasteiger partial charge in [-0.15, -0.1) is 0 Å². The molecule has 0 rings (SSSR count). The highest BCUT2D eigenvalue weighted by Crippen LogP contribution is 2.08. The molecule has 2 unspecified atom stereocenters. The van der Waals surface area contributed by atoms with Crippen molar-refractivity contribution in [1.82, 2.24) is 5.43 Å². The summed E-state index contributed by atoms with van der Waals surface area (Å²) in [7, 11) is 0. The molecule has 0 amide bonds. The Kier molecular flexibility index (Phi) is 8.40. The van der Waals surface area contributed by atoms with E-state index in [-0.39, 0.29) is 6.10 Å². The molecule has 0 aromatic rings. The van der Waals surface area contributed by atoms with Gasteiger partial charge in [0.25, 0.3) is 0 Å². The van der Waals surface area contributed by atoms with Gasteiger partial charge in [-0.05, 0) is 20.3 Å². The van der Waals surface area contributed by atoms with Crippen LogP contribution >= 0.6 is 0 Å². The van der Waals surface area contributed by atoms with Gasteiger partial charge in [0.1, 0.15) is 0 Å². The van der Waals surface area contributed by atoms with Crippen molar-refractivity contribution in [2.45, 2.75) is 58.6 Å². The maximum Gasteiger partial charge on any atom is 0.0713 e. The van der Waals surface area contributed by atoms with Gasteiger partial charge in [0.2, 0.25) is 0 Å². The van der Waals surface area contributed by atoms with E-state index in [1.165, 1.54) is 19.3 Å². The molecule has 80 valence electrons. The highest BCUT2D eigenvalue weighted by molar-refractivity contribution is 4.70. The van der Waals surface area contributed by atoms with Crippen LogP contribution in [0.3, 0.4) is 0 Å². The Morgan fingerprint density at radius 2 is 2.00 bits per heavy atom. The first-order valence-electron chi connectivity index (χ1n) is 5.33. The molecule has 3 heteroatoms. The summed E-state index contributed by atoms with van der Waals surface area (Å²) in [5.74, 6) is 5.46. The summed E-state index contributed by atoms with van der Waals surface area (Å²) in [5.41, 5.74) is 2.82. The largest absolute Gasteiger partial charge is 0.377 e. The maximum absolute atomic E-state index is 5.48. The van der Waals surface area contributed by atoms with Crippen LogP contribution in [0, 0.1) is 0 Å². The first-order chi connectivity index (χ1) is 6.26. The molecule has 0 saturated carbocycles. The number of unbranched alkanes of at least 4 members (excludes halogenated alkanes) is 2. The molecule has 0 radical (unpaired) electrons. The van der Waals surface area contributed by atoms with Crippen LogP contribution in [0.25, 0.3) is 0 Å². The number of hydrogen-bond donors (Lipinski definition) is 2. The minimum absolute atomic E-state index is 0.215. The summed E-state index contributed by atoms with van der Waals surface area (Å²) in [5, 5.41) is 0. The first-order valence-corrected chi connectivity index (χ1v) is 5.33. The van der Waals surface area contributed by atoms with Gasteiger partial charge in [-0.25, -0.2) is 0 Å². The van der Waals surface area contributed by atoms with Crippen LogP contribution < -0.4 is 11.3 Å². The van der Waals surface area contributed by atoms with Crippen LogP contribution in [0.4, 0.5) is 0 Å². The quantitative estimate of drug-likeness (QED) is 0.347. The molecule has 0 spiro atoms. The lowest BCUT2D eigenvalue weighted by molar-refractivity contribution is 0.0445. The summed E-state index contributed by atoms with van der Waals surface area (Å²) >= 11 is 0. The zero-order chi connectivity index (χ0) is 10.1. The number of rotatable bonds is 8. The molecule has 0 aliphatic heterocycles. The number of hydrazine groups is 1. The van der Waals surface area contributed by atoms with E-state index >= 15 is 0 Å². The lowest BCUT2D eigenvalue weighted by Crippen LogP contribution is -2.43. The standard InChI is InChI=1S/C10H24N2O/c1-4-6-7-8-10(12-11)9(3)13-5-2/h9-10,12H,4-8,11H2,1-3H3. The average molecular weight is 188 g/mol. The van der Waals surface area contributed by atoms with Gasteiger partial charge in [0, 0.05) is 12.6 Å². The Hall–Kier alpha value is -0.120. The van der Waals surface area contributed by atoms with Crippen molar-refractivity contribution < 1.29 is 4.74 Å². The van der Waals surface area contributed by atoms with Gasteiger partial charge >= 0.3 is 0 Å². The first kappa shape index (κ1) is 12.9. The van der Waals surface area contributed by atoms with Gasteiger partial charge in [0.05, 0.1) is 6.10 Å². The number of ether oxygens (including phenoxy) is 1. The number of nitrogens with one attached hydrogen (secondary N) is 1. The van der Waals surface area contributed by atoms with Crippen LogP contribution in [-0.4, -0.2) is 18.8 Å². The SMILES string of the molecule is CCCCCC(NN)C(C)OCC. The Morgan fingerprint density at radius 1 is 1.31 bits per heavy atom. The molecular weight excluding hydrogens is 164 g/mol. The monoisotopic (exact) mass is 188 g/mol. The minimum Gasteiger partial charge on any atom is -0.377 e. The fourth-order valence-corrected chi connectivity index (χ4v) is 1.45. The zero-order valence-corrected chi connectivity index (χ0v) is 9.18. The maximum atomic E-state index is 5.48. The fraction of sp³-hybridized carbons (Fsp3) is 1.00.